The average Bonchev–Trinajstić information content (AvgIpc) is 1.83. The molecule has 9 amide bonds. The van der Waals surface area contributed by atoms with E-state index in [2.05, 4.69) is 38.4 Å². The Bertz CT molecular complexity index is 3850. The number of piperidine rings is 1. The van der Waals surface area contributed by atoms with E-state index in [4.69, 9.17) is 5.73 Å². The van der Waals surface area contributed by atoms with Crippen LogP contribution >= 0.6 is 18.9 Å². The van der Waals surface area contributed by atoms with Gasteiger partial charge in [0.25, 0.3) is 23.2 Å². The van der Waals surface area contributed by atoms with Crippen LogP contribution in [0.25, 0.3) is 10.1 Å². The van der Waals surface area contributed by atoms with Gasteiger partial charge in [-0.05, 0) is 102 Å². The van der Waals surface area contributed by atoms with Crippen molar-refractivity contribution in [1.29, 1.82) is 0 Å². The first-order valence-corrected chi connectivity index (χ1v) is 31.7. The van der Waals surface area contributed by atoms with Crippen molar-refractivity contribution in [3.05, 3.63) is 170 Å². The summed E-state index contributed by atoms with van der Waals surface area (Å²) in [6.07, 6.45) is 6.10. The standard InChI is InChI=1S/C65H65N8O13PS/c66-53(74)30-28-48(59(77)71-55(39-18-10-7-11-19-39)40-20-12-8-13-21-40)68-61(79)51-35-42-24-15-23-41-26-27-49(64(82)73(51)56(41)42)69-62(80)52-36-43-33-44(65(83)87(84,85)86)34-46(57(43)88-52)58(76)67-32-14-6-4-2-1-3-5-9-17-38-22-16-25-45-47(38)37-72(63(45)81)50-29-31-54(75)70-60(50)78/h7-8,10-13,15-16,18-25,33-34,36,48-51,55H,1-6,14,26-32,35,37H2,(H2,66,74)(H,67,76)(H,68,79)(H,69,80)(H,71,77)(H,70,75,78)(H2,84,85,86)/t48-,49-,50?,51-/m0/s1. The molecule has 23 heteroatoms. The molecule has 0 saturated carbocycles. The van der Waals surface area contributed by atoms with Gasteiger partial charge in [0.15, 0.2) is 0 Å². The summed E-state index contributed by atoms with van der Waals surface area (Å²) in [4.78, 5) is 157. The van der Waals surface area contributed by atoms with E-state index in [9.17, 15) is 62.3 Å². The number of carbonyl (C=O) groups is 10. The zero-order chi connectivity index (χ0) is 62.2. The van der Waals surface area contributed by atoms with E-state index in [-0.39, 0.29) is 84.0 Å². The lowest BCUT2D eigenvalue weighted by Crippen LogP contribution is -2.57. The zero-order valence-electron chi connectivity index (χ0n) is 47.9. The molecule has 0 radical (unpaired) electrons. The molecule has 4 atom stereocenters. The van der Waals surface area contributed by atoms with Gasteiger partial charge in [0.1, 0.15) is 24.2 Å². The average molecular weight is 1230 g/mol. The number of nitrogens with zero attached hydrogens (tertiary/aromatic N) is 2. The van der Waals surface area contributed by atoms with Gasteiger partial charge in [0.05, 0.1) is 22.2 Å². The minimum Gasteiger partial charge on any atom is -0.370 e. The number of hydrogen-bond donors (Lipinski definition) is 8. The maximum Gasteiger partial charge on any atom is 0.396 e. The molecule has 1 fully saturated rings. The fourth-order valence-electron chi connectivity index (χ4n) is 11.8. The van der Waals surface area contributed by atoms with E-state index in [0.29, 0.717) is 36.1 Å². The van der Waals surface area contributed by atoms with Crippen LogP contribution in [0.15, 0.2) is 115 Å². The van der Waals surface area contributed by atoms with Crippen molar-refractivity contribution in [3.8, 4) is 11.8 Å². The van der Waals surface area contributed by atoms with Crippen LogP contribution in [0.3, 0.4) is 0 Å². The number of anilines is 1. The van der Waals surface area contributed by atoms with E-state index in [0.717, 1.165) is 77.3 Å². The number of nitrogens with one attached hydrogen (secondary N) is 5. The minimum atomic E-state index is -5.32. The van der Waals surface area contributed by atoms with E-state index in [1.165, 1.54) is 21.9 Å². The van der Waals surface area contributed by atoms with Crippen LogP contribution in [-0.2, 0) is 52.7 Å². The third-order valence-electron chi connectivity index (χ3n) is 16.3. The fraction of sp³-hybridized carbons (Fsp3) is 0.323. The van der Waals surface area contributed by atoms with E-state index < -0.39 is 90.2 Å². The summed E-state index contributed by atoms with van der Waals surface area (Å²) < 4.78 is 12.5. The van der Waals surface area contributed by atoms with Gasteiger partial charge in [0, 0.05) is 60.2 Å². The van der Waals surface area contributed by atoms with Crippen LogP contribution in [0.4, 0.5) is 5.69 Å². The molecule has 5 aromatic carbocycles. The molecule has 0 spiro atoms. The maximum atomic E-state index is 14.9. The van der Waals surface area contributed by atoms with Gasteiger partial charge in [-0.3, -0.25) is 62.7 Å². The molecule has 4 aliphatic heterocycles. The SMILES string of the molecule is NC(=O)CC[C@H](NC(=O)[C@@H]1Cc2cccc3c2N1C(=O)[C@@H](NC(=O)c1cc2cc(C(=O)P(=O)(O)O)cc(C(=O)NCCCCCCCCC#Cc4cccc5c4CN(C4CCC(=O)NC4=O)C5=O)c2s1)CC3)C(=O)NC(c1ccccc1)c1ccccc1. The Kier molecular flexibility index (Phi) is 19.2. The highest BCUT2D eigenvalue weighted by atomic mass is 32.1. The minimum absolute atomic E-state index is 0.0211. The number of para-hydroxylation sites is 1. The fourth-order valence-corrected chi connectivity index (χ4v) is 13.4. The maximum absolute atomic E-state index is 14.9. The highest BCUT2D eigenvalue weighted by Gasteiger charge is 2.45. The second-order valence-electron chi connectivity index (χ2n) is 22.3. The van der Waals surface area contributed by atoms with Gasteiger partial charge < -0.3 is 41.7 Å². The quantitative estimate of drug-likeness (QED) is 0.0155. The van der Waals surface area contributed by atoms with Crippen molar-refractivity contribution in [1.82, 2.24) is 31.5 Å². The number of amides is 9. The molecule has 21 nitrogen and oxygen atoms in total. The Morgan fingerprint density at radius 1 is 0.773 bits per heavy atom. The van der Waals surface area contributed by atoms with Crippen molar-refractivity contribution in [2.24, 2.45) is 5.73 Å². The van der Waals surface area contributed by atoms with Crippen molar-refractivity contribution < 1.29 is 62.3 Å². The number of rotatable bonds is 23. The van der Waals surface area contributed by atoms with E-state index >= 15 is 0 Å². The molecular formula is C65H65N8O13PS. The normalized spacial score (nSPS) is 17.3. The summed E-state index contributed by atoms with van der Waals surface area (Å²) in [5.74, 6) is 1.43. The molecule has 10 rings (SSSR count). The predicted molar refractivity (Wildman–Crippen MR) is 326 cm³/mol. The molecular weight excluding hydrogens is 1160 g/mol. The number of hydrogen-bond acceptors (Lipinski definition) is 12. The van der Waals surface area contributed by atoms with E-state index in [1.807, 2.05) is 78.9 Å². The van der Waals surface area contributed by atoms with Crippen LogP contribution in [0, 0.1) is 11.8 Å². The first-order chi connectivity index (χ1) is 42.3. The van der Waals surface area contributed by atoms with Gasteiger partial charge in [0.2, 0.25) is 35.4 Å². The third kappa shape index (κ3) is 14.0. The van der Waals surface area contributed by atoms with Gasteiger partial charge in [-0.2, -0.15) is 0 Å². The molecule has 4 aliphatic rings. The topological polar surface area (TPSA) is 321 Å². The molecule has 454 valence electrons. The Morgan fingerprint density at radius 2 is 1.47 bits per heavy atom. The summed E-state index contributed by atoms with van der Waals surface area (Å²) in [7, 11) is -5.32. The van der Waals surface area contributed by atoms with Crippen LogP contribution in [0.1, 0.15) is 157 Å². The first kappa shape index (κ1) is 61.9. The Labute approximate surface area is 510 Å². The molecule has 88 heavy (non-hydrogen) atoms. The highest BCUT2D eigenvalue weighted by molar-refractivity contribution is 7.70. The van der Waals surface area contributed by atoms with Gasteiger partial charge in [-0.25, -0.2) is 0 Å². The number of carbonyl (C=O) groups excluding carboxylic acids is 10. The first-order valence-electron chi connectivity index (χ1n) is 29.3. The number of fused-ring (bicyclic) bond motifs is 2. The van der Waals surface area contributed by atoms with Crippen LogP contribution in [0.5, 0.6) is 0 Å². The molecule has 9 N–H and O–H groups in total. The lowest BCUT2D eigenvalue weighted by Gasteiger charge is -2.29. The number of imide groups is 1. The lowest BCUT2D eigenvalue weighted by molar-refractivity contribution is -0.137. The molecule has 1 saturated heterocycles. The van der Waals surface area contributed by atoms with Crippen LogP contribution in [0.2, 0.25) is 0 Å². The third-order valence-corrected chi connectivity index (χ3v) is 18.3. The summed E-state index contributed by atoms with van der Waals surface area (Å²) >= 11 is 0.892. The molecule has 1 unspecified atom stereocenters. The van der Waals surface area contributed by atoms with Gasteiger partial charge in [-0.1, -0.05) is 122 Å². The Balaban J connectivity index is 0.759. The number of primary amides is 1. The number of nitrogens with two attached hydrogens (primary N) is 1. The smallest absolute Gasteiger partial charge is 0.370 e. The monoisotopic (exact) mass is 1230 g/mol. The van der Waals surface area contributed by atoms with Crippen molar-refractivity contribution in [2.45, 2.75) is 127 Å². The molecule has 0 bridgehead atoms. The van der Waals surface area contributed by atoms with Crippen molar-refractivity contribution in [2.75, 3.05) is 11.4 Å². The number of benzene rings is 5. The largest absolute Gasteiger partial charge is 0.396 e. The summed E-state index contributed by atoms with van der Waals surface area (Å²) in [5, 5.41) is 14.0. The van der Waals surface area contributed by atoms with E-state index in [1.54, 1.807) is 18.2 Å². The summed E-state index contributed by atoms with van der Waals surface area (Å²) in [6.45, 7) is 0.478. The van der Waals surface area contributed by atoms with Crippen LogP contribution < -0.4 is 37.2 Å². The van der Waals surface area contributed by atoms with Gasteiger partial charge in [-0.15, -0.1) is 11.3 Å². The van der Waals surface area contributed by atoms with Gasteiger partial charge >= 0.3 is 7.60 Å². The lowest BCUT2D eigenvalue weighted by atomic mass is 9.98. The van der Waals surface area contributed by atoms with Crippen LogP contribution in [-0.4, -0.2) is 104 Å². The molecule has 1 aromatic heterocycles. The zero-order valence-corrected chi connectivity index (χ0v) is 49.6. The molecule has 5 heterocycles. The Hall–Kier alpha value is -9.13. The second kappa shape index (κ2) is 27.3. The number of thiophene rings is 1. The molecule has 0 aliphatic carbocycles. The van der Waals surface area contributed by atoms with Crippen molar-refractivity contribution >= 4 is 93.4 Å². The van der Waals surface area contributed by atoms with Crippen molar-refractivity contribution in [3.63, 3.8) is 0 Å². The second-order valence-corrected chi connectivity index (χ2v) is 24.9. The highest BCUT2D eigenvalue weighted by Crippen LogP contribution is 2.42. The summed E-state index contributed by atoms with van der Waals surface area (Å²) in [6, 6.07) is 28.0. The molecule has 6 aromatic rings. The number of aryl methyl sites for hydroxylation is 1. The summed E-state index contributed by atoms with van der Waals surface area (Å²) in [5.41, 5.74) is 9.03. The Morgan fingerprint density at radius 3 is 2.17 bits per heavy atom. The number of unbranched alkanes of at least 4 members (excludes halogenated alkanes) is 6. The predicted octanol–water partition coefficient (Wildman–Crippen LogP) is 6.15.